The van der Waals surface area contributed by atoms with Crippen molar-refractivity contribution in [3.05, 3.63) is 171 Å². The number of hydrogen-bond acceptors (Lipinski definition) is 11. The minimum atomic E-state index is -4.90. The van der Waals surface area contributed by atoms with Crippen LogP contribution in [0.5, 0.6) is 0 Å². The van der Waals surface area contributed by atoms with Crippen LogP contribution in [0.2, 0.25) is 20.1 Å². The molecule has 6 aromatic rings. The van der Waals surface area contributed by atoms with Gasteiger partial charge in [-0.2, -0.15) is 26.3 Å². The molecular weight excluding hydrogens is 1300 g/mol. The van der Waals surface area contributed by atoms with Crippen LogP contribution in [-0.2, 0) is 46.7 Å². The van der Waals surface area contributed by atoms with E-state index in [1.54, 1.807) is 31.3 Å². The van der Waals surface area contributed by atoms with Crippen molar-refractivity contribution in [2.75, 3.05) is 50.4 Å². The van der Waals surface area contributed by atoms with Crippen molar-refractivity contribution in [2.24, 2.45) is 0 Å². The summed E-state index contributed by atoms with van der Waals surface area (Å²) in [6.07, 6.45) is -7.28. The number of ketones is 1. The number of ether oxygens (including phenoxy) is 2. The predicted octanol–water partition coefficient (Wildman–Crippen LogP) is 13.3. The summed E-state index contributed by atoms with van der Waals surface area (Å²) in [5.41, 5.74) is -2.41. The fraction of sp³-hybridized carbons (Fsp3) is 0.182. The first-order valence-electron chi connectivity index (χ1n) is 19.6. The molecule has 73 heavy (non-hydrogen) atoms. The number of amides is 1. The number of hydrogen-bond donors (Lipinski definition) is 0. The van der Waals surface area contributed by atoms with Gasteiger partial charge in [-0.25, -0.2) is 40.5 Å². The molecule has 0 radical (unpaired) electrons. The molecule has 0 bridgehead atoms. The summed E-state index contributed by atoms with van der Waals surface area (Å²) in [5.74, 6) is -0.822. The Morgan fingerprint density at radius 1 is 0.603 bits per heavy atom. The lowest BCUT2D eigenvalue weighted by molar-refractivity contribution is -0.138. The third kappa shape index (κ3) is 15.5. The van der Waals surface area contributed by atoms with E-state index in [9.17, 15) is 52.8 Å². The Kier molecular flexibility index (Phi) is 22.0. The van der Waals surface area contributed by atoms with Crippen LogP contribution < -0.4 is 8.61 Å². The Labute approximate surface area is 459 Å². The summed E-state index contributed by atoms with van der Waals surface area (Å²) < 4.78 is 144. The molecule has 0 saturated carbocycles. The maximum absolute atomic E-state index is 13.4. The van der Waals surface area contributed by atoms with E-state index < -0.39 is 82.6 Å². The molecule has 0 aliphatic carbocycles. The van der Waals surface area contributed by atoms with Crippen LogP contribution in [-0.4, -0.2) is 85.4 Å². The van der Waals surface area contributed by atoms with Gasteiger partial charge in [0.2, 0.25) is 5.78 Å². The van der Waals surface area contributed by atoms with Crippen molar-refractivity contribution in [3.63, 3.8) is 0 Å². The molecule has 4 aromatic carbocycles. The molecule has 0 unspecified atom stereocenters. The number of alkyl halides is 6. The van der Waals surface area contributed by atoms with E-state index in [0.29, 0.717) is 26.5 Å². The van der Waals surface area contributed by atoms with Crippen molar-refractivity contribution in [3.8, 4) is 0 Å². The number of halogens is 13. The van der Waals surface area contributed by atoms with E-state index in [4.69, 9.17) is 60.7 Å². The molecule has 1 amide bonds. The second-order valence-corrected chi connectivity index (χ2v) is 22.0. The van der Waals surface area contributed by atoms with Crippen LogP contribution in [0.25, 0.3) is 0 Å². The summed E-state index contributed by atoms with van der Waals surface area (Å²) in [7, 11) is -3.69. The fourth-order valence-corrected chi connectivity index (χ4v) is 10.9. The molecule has 0 aliphatic rings. The minimum Gasteiger partial charge on any atom is -0.363 e. The highest BCUT2D eigenvalue weighted by molar-refractivity contribution is 9.11. The van der Waals surface area contributed by atoms with Gasteiger partial charge in [0.1, 0.15) is 23.8 Å². The van der Waals surface area contributed by atoms with Gasteiger partial charge in [-0.05, 0) is 105 Å². The molecule has 14 nitrogen and oxygen atoms in total. The zero-order valence-corrected chi connectivity index (χ0v) is 46.9. The van der Waals surface area contributed by atoms with Gasteiger partial charge in [0.05, 0.1) is 65.1 Å². The second-order valence-electron chi connectivity index (χ2n) is 14.1. The summed E-state index contributed by atoms with van der Waals surface area (Å²) in [4.78, 5) is 36.1. The van der Waals surface area contributed by atoms with Crippen molar-refractivity contribution < 1.29 is 67.1 Å². The number of anilines is 2. The smallest absolute Gasteiger partial charge is 0.363 e. The molecule has 0 fully saturated rings. The van der Waals surface area contributed by atoms with Gasteiger partial charge >= 0.3 is 12.4 Å². The van der Waals surface area contributed by atoms with E-state index in [1.165, 1.54) is 44.7 Å². The second kappa shape index (κ2) is 26.1. The maximum atomic E-state index is 13.4. The number of carbonyl (C=O) groups is 2. The molecule has 0 N–H and O–H groups in total. The molecule has 0 aliphatic heterocycles. The van der Waals surface area contributed by atoms with Crippen LogP contribution >= 0.6 is 94.2 Å². The van der Waals surface area contributed by atoms with E-state index in [1.807, 2.05) is 18.2 Å². The van der Waals surface area contributed by atoms with Gasteiger partial charge in [0.15, 0.2) is 0 Å². The first-order valence-corrected chi connectivity index (χ1v) is 26.4. The number of nitrogens with zero attached hydrogens (tertiary/aromatic N) is 5. The van der Waals surface area contributed by atoms with Gasteiger partial charge in [0, 0.05) is 48.2 Å². The highest BCUT2D eigenvalue weighted by atomic mass is 79.9. The molecule has 0 saturated heterocycles. The first kappa shape index (κ1) is 61.4. The van der Waals surface area contributed by atoms with Gasteiger partial charge in [-0.3, -0.25) is 14.4 Å². The number of methoxy groups -OCH3 is 2. The lowest BCUT2D eigenvalue weighted by atomic mass is 10.1. The van der Waals surface area contributed by atoms with E-state index in [-0.39, 0.29) is 43.2 Å². The highest BCUT2D eigenvalue weighted by Gasteiger charge is 2.38. The molecule has 2 heterocycles. The SMILES string of the molecule is COCN(c1cc(Cl)cnc1Br)S(=O)(=O)c1ccc(Cl)c(C(F)(F)F)c1.COCN(c1cc(Cl)cnc1C(=O)c1ccccc1Br)S(=O)(=O)c1ccc(Cl)c(C(F)(F)F)c1.CON(C)C(=O)c1ccccc1Br. The Morgan fingerprint density at radius 3 is 1.44 bits per heavy atom. The number of hydroxylamine groups is 2. The normalized spacial score (nSPS) is 11.7. The van der Waals surface area contributed by atoms with Gasteiger partial charge in [-0.15, -0.1) is 0 Å². The molecule has 0 spiro atoms. The van der Waals surface area contributed by atoms with Crippen LogP contribution in [0.3, 0.4) is 0 Å². The number of benzene rings is 4. The predicted molar refractivity (Wildman–Crippen MR) is 273 cm³/mol. The molecule has 2 aromatic heterocycles. The molecule has 6 rings (SSSR count). The number of carbonyl (C=O) groups excluding carboxylic acids is 2. The third-order valence-corrected chi connectivity index (χ3v) is 15.8. The summed E-state index contributed by atoms with van der Waals surface area (Å²) in [6, 6.07) is 20.5. The Bertz CT molecular complexity index is 3210. The molecule has 29 heteroatoms. The first-order chi connectivity index (χ1) is 34.0. The maximum Gasteiger partial charge on any atom is 0.417 e. The topological polar surface area (TPSA) is 166 Å². The molecule has 392 valence electrons. The van der Waals surface area contributed by atoms with E-state index >= 15 is 0 Å². The third-order valence-electron chi connectivity index (χ3n) is 9.31. The Hall–Kier alpha value is -4.12. The summed E-state index contributed by atoms with van der Waals surface area (Å²) in [6.45, 7) is -1.13. The van der Waals surface area contributed by atoms with E-state index in [2.05, 4.69) is 57.8 Å². The number of rotatable bonds is 14. The van der Waals surface area contributed by atoms with Gasteiger partial charge in [-0.1, -0.05) is 86.6 Å². The highest BCUT2D eigenvalue weighted by Crippen LogP contribution is 2.40. The quantitative estimate of drug-likeness (QED) is 0.0335. The molecule has 0 atom stereocenters. The lowest BCUT2D eigenvalue weighted by Crippen LogP contribution is -2.34. The van der Waals surface area contributed by atoms with Crippen molar-refractivity contribution >= 4 is 137 Å². The van der Waals surface area contributed by atoms with Gasteiger partial charge < -0.3 is 9.47 Å². The van der Waals surface area contributed by atoms with Crippen molar-refractivity contribution in [1.82, 2.24) is 15.0 Å². The van der Waals surface area contributed by atoms with Crippen LogP contribution in [0.15, 0.2) is 133 Å². The Balaban J connectivity index is 0.000000261. The van der Waals surface area contributed by atoms with Crippen LogP contribution in [0.1, 0.15) is 37.5 Å². The number of aromatic nitrogens is 2. The molecular formula is C44H34Br3Cl4F6N5O9S2. The standard InChI is InChI=1S/C21H14BrCl2F3N2O4S.C14H10BrCl2F3N2O3S.C9H10BrNO2/c1-33-11-29(34(31,32)13-6-7-17(24)15(9-13)21(25,26)27)18-8-12(23)10-28-19(18)20(30)14-4-2-3-5-16(14)22;1-25-7-22(12-4-8(16)6-21-13(12)15)26(23,24)9-2-3-11(17)10(5-9)14(18,19)20;1-11(13-2)9(12)7-5-3-4-6-8(7)10/h2-10H,11H2,1H3;2-6H,7H2,1H3;3-6H,1-2H3. The lowest BCUT2D eigenvalue weighted by Gasteiger charge is -2.25. The van der Waals surface area contributed by atoms with Crippen LogP contribution in [0, 0.1) is 0 Å². The van der Waals surface area contributed by atoms with Crippen molar-refractivity contribution in [1.29, 1.82) is 0 Å². The average Bonchev–Trinajstić information content (AvgIpc) is 3.32. The van der Waals surface area contributed by atoms with E-state index in [0.717, 1.165) is 45.3 Å². The fourth-order valence-electron chi connectivity index (χ4n) is 5.83. The number of sulfonamides is 2. The van der Waals surface area contributed by atoms with Gasteiger partial charge in [0.25, 0.3) is 26.0 Å². The largest absolute Gasteiger partial charge is 0.417 e. The monoisotopic (exact) mass is 1330 g/mol. The number of pyridine rings is 2. The minimum absolute atomic E-state index is 0.00265. The summed E-state index contributed by atoms with van der Waals surface area (Å²) in [5, 5.41) is 0.0214. The zero-order chi connectivity index (χ0) is 54.8. The van der Waals surface area contributed by atoms with Crippen LogP contribution in [0.4, 0.5) is 37.7 Å². The zero-order valence-electron chi connectivity index (χ0n) is 37.4. The summed E-state index contributed by atoms with van der Waals surface area (Å²) >= 11 is 32.7. The average molecular weight is 1340 g/mol. The Morgan fingerprint density at radius 2 is 1.01 bits per heavy atom. The van der Waals surface area contributed by atoms with Crippen molar-refractivity contribution in [2.45, 2.75) is 22.1 Å².